The van der Waals surface area contributed by atoms with Crippen LogP contribution in [0.5, 0.6) is 5.75 Å². The number of aromatic nitrogens is 1. The second kappa shape index (κ2) is 6.31. The largest absolute Gasteiger partial charge is 0.492 e. The van der Waals surface area contributed by atoms with Crippen LogP contribution in [0.4, 0.5) is 0 Å². The fourth-order valence-electron chi connectivity index (χ4n) is 1.84. The highest BCUT2D eigenvalue weighted by molar-refractivity contribution is 9.11. The minimum atomic E-state index is 0.139. The lowest BCUT2D eigenvalue weighted by molar-refractivity contribution is 0.338. The molecule has 2 heterocycles. The highest BCUT2D eigenvalue weighted by atomic mass is 79.9. The molecule has 2 rings (SSSR count). The molecule has 0 aliphatic heterocycles. The van der Waals surface area contributed by atoms with E-state index in [1.165, 1.54) is 5.56 Å². The van der Waals surface area contributed by atoms with Crippen molar-refractivity contribution in [3.8, 4) is 5.75 Å². The zero-order valence-electron chi connectivity index (χ0n) is 10.3. The average molecular weight is 327 g/mol. The van der Waals surface area contributed by atoms with Crippen LogP contribution >= 0.6 is 27.3 Å². The minimum absolute atomic E-state index is 0.139. The highest BCUT2D eigenvalue weighted by Crippen LogP contribution is 2.30. The van der Waals surface area contributed by atoms with Crippen molar-refractivity contribution >= 4 is 27.3 Å². The standard InChI is InChI=1S/C13H15BrN2OS/c1-3-17-11-4-9(6-16-7-11)13(15-2)10-5-12(14)18-8-10/h4-8,13,15H,3H2,1-2H3. The van der Waals surface area contributed by atoms with Crippen molar-refractivity contribution in [2.75, 3.05) is 13.7 Å². The van der Waals surface area contributed by atoms with Gasteiger partial charge in [-0.15, -0.1) is 11.3 Å². The fraction of sp³-hybridized carbons (Fsp3) is 0.308. The number of hydrogen-bond acceptors (Lipinski definition) is 4. The van der Waals surface area contributed by atoms with E-state index in [0.29, 0.717) is 6.61 Å². The first-order valence-electron chi connectivity index (χ1n) is 5.73. The van der Waals surface area contributed by atoms with Crippen molar-refractivity contribution in [1.29, 1.82) is 0 Å². The molecule has 3 nitrogen and oxygen atoms in total. The van der Waals surface area contributed by atoms with Crippen LogP contribution in [0.25, 0.3) is 0 Å². The van der Waals surface area contributed by atoms with Crippen LogP contribution in [-0.2, 0) is 0 Å². The van der Waals surface area contributed by atoms with Gasteiger partial charge in [0.25, 0.3) is 0 Å². The maximum absolute atomic E-state index is 5.49. The van der Waals surface area contributed by atoms with E-state index in [1.807, 2.05) is 26.2 Å². The van der Waals surface area contributed by atoms with Gasteiger partial charge in [0.05, 0.1) is 22.6 Å². The number of halogens is 1. The molecule has 0 aliphatic carbocycles. The van der Waals surface area contributed by atoms with Gasteiger partial charge >= 0.3 is 0 Å². The summed E-state index contributed by atoms with van der Waals surface area (Å²) >= 11 is 5.17. The summed E-state index contributed by atoms with van der Waals surface area (Å²) in [5, 5.41) is 5.45. The van der Waals surface area contributed by atoms with E-state index in [-0.39, 0.29) is 6.04 Å². The molecular formula is C13H15BrN2OS. The molecule has 2 aromatic rings. The van der Waals surface area contributed by atoms with Gasteiger partial charge in [-0.2, -0.15) is 0 Å². The average Bonchev–Trinajstić information content (AvgIpc) is 2.78. The molecule has 1 unspecified atom stereocenters. The Morgan fingerprint density at radius 2 is 2.22 bits per heavy atom. The van der Waals surface area contributed by atoms with Crippen molar-refractivity contribution in [3.63, 3.8) is 0 Å². The summed E-state index contributed by atoms with van der Waals surface area (Å²) in [6.45, 7) is 2.62. The first-order chi connectivity index (χ1) is 8.74. The van der Waals surface area contributed by atoms with Gasteiger partial charge in [-0.1, -0.05) is 0 Å². The molecular weight excluding hydrogens is 312 g/mol. The second-order valence-electron chi connectivity index (χ2n) is 3.79. The van der Waals surface area contributed by atoms with Gasteiger partial charge < -0.3 is 10.1 Å². The monoisotopic (exact) mass is 326 g/mol. The van der Waals surface area contributed by atoms with Crippen molar-refractivity contribution in [3.05, 3.63) is 44.8 Å². The Labute approximate surface area is 119 Å². The summed E-state index contributed by atoms with van der Waals surface area (Å²) in [6, 6.07) is 4.29. The number of pyridine rings is 1. The molecule has 5 heteroatoms. The molecule has 0 spiro atoms. The van der Waals surface area contributed by atoms with E-state index in [9.17, 15) is 0 Å². The van der Waals surface area contributed by atoms with Gasteiger partial charge in [-0.05, 0) is 58.5 Å². The molecule has 0 aliphatic rings. The number of hydrogen-bond donors (Lipinski definition) is 1. The molecule has 0 amide bonds. The SMILES string of the molecule is CCOc1cncc(C(NC)c2csc(Br)c2)c1. The molecule has 1 N–H and O–H groups in total. The predicted molar refractivity (Wildman–Crippen MR) is 78.3 cm³/mol. The smallest absolute Gasteiger partial charge is 0.137 e. The van der Waals surface area contributed by atoms with Crippen molar-refractivity contribution < 1.29 is 4.74 Å². The molecule has 96 valence electrons. The van der Waals surface area contributed by atoms with Crippen LogP contribution in [0, 0.1) is 0 Å². The van der Waals surface area contributed by atoms with Crippen molar-refractivity contribution in [1.82, 2.24) is 10.3 Å². The zero-order chi connectivity index (χ0) is 13.0. The molecule has 0 bridgehead atoms. The third-order valence-corrected chi connectivity index (χ3v) is 4.11. The molecule has 0 radical (unpaired) electrons. The fourth-order valence-corrected chi connectivity index (χ4v) is 3.04. The highest BCUT2D eigenvalue weighted by Gasteiger charge is 2.14. The van der Waals surface area contributed by atoms with Crippen LogP contribution in [0.2, 0.25) is 0 Å². The van der Waals surface area contributed by atoms with Crippen molar-refractivity contribution in [2.24, 2.45) is 0 Å². The molecule has 0 aromatic carbocycles. The molecule has 1 atom stereocenters. The lowest BCUT2D eigenvalue weighted by atomic mass is 10.0. The number of rotatable bonds is 5. The normalized spacial score (nSPS) is 12.4. The quantitative estimate of drug-likeness (QED) is 0.911. The molecule has 18 heavy (non-hydrogen) atoms. The van der Waals surface area contributed by atoms with E-state index in [0.717, 1.165) is 15.1 Å². The first-order valence-corrected chi connectivity index (χ1v) is 7.40. The molecule has 0 saturated carbocycles. The third kappa shape index (κ3) is 3.10. The molecule has 0 saturated heterocycles. The van der Waals surface area contributed by atoms with E-state index in [1.54, 1.807) is 17.5 Å². The van der Waals surface area contributed by atoms with Gasteiger partial charge in [0.1, 0.15) is 5.75 Å². The van der Waals surface area contributed by atoms with Crippen LogP contribution in [0.1, 0.15) is 24.1 Å². The summed E-state index contributed by atoms with van der Waals surface area (Å²) < 4.78 is 6.62. The topological polar surface area (TPSA) is 34.1 Å². The molecule has 2 aromatic heterocycles. The number of nitrogens with one attached hydrogen (secondary N) is 1. The number of nitrogens with zero attached hydrogens (tertiary/aromatic N) is 1. The van der Waals surface area contributed by atoms with Gasteiger partial charge in [-0.3, -0.25) is 4.98 Å². The maximum atomic E-state index is 5.49. The Morgan fingerprint density at radius 1 is 1.39 bits per heavy atom. The Morgan fingerprint density at radius 3 is 2.83 bits per heavy atom. The lowest BCUT2D eigenvalue weighted by Crippen LogP contribution is -2.17. The summed E-state index contributed by atoms with van der Waals surface area (Å²) in [4.78, 5) is 4.23. The van der Waals surface area contributed by atoms with Crippen LogP contribution in [-0.4, -0.2) is 18.6 Å². The summed E-state index contributed by atoms with van der Waals surface area (Å²) in [5.74, 6) is 0.810. The van der Waals surface area contributed by atoms with E-state index >= 15 is 0 Å². The Hall–Kier alpha value is -0.910. The zero-order valence-corrected chi connectivity index (χ0v) is 12.7. The van der Waals surface area contributed by atoms with E-state index in [2.05, 4.69) is 37.7 Å². The second-order valence-corrected chi connectivity index (χ2v) is 6.08. The Bertz CT molecular complexity index is 515. The summed E-state index contributed by atoms with van der Waals surface area (Å²) in [5.41, 5.74) is 2.33. The van der Waals surface area contributed by atoms with Gasteiger partial charge in [-0.25, -0.2) is 0 Å². The van der Waals surface area contributed by atoms with Crippen LogP contribution in [0.3, 0.4) is 0 Å². The molecule has 0 fully saturated rings. The lowest BCUT2D eigenvalue weighted by Gasteiger charge is -2.15. The maximum Gasteiger partial charge on any atom is 0.137 e. The van der Waals surface area contributed by atoms with Crippen LogP contribution in [0.15, 0.2) is 33.7 Å². The van der Waals surface area contributed by atoms with E-state index in [4.69, 9.17) is 4.74 Å². The first kappa shape index (κ1) is 13.5. The van der Waals surface area contributed by atoms with Gasteiger partial charge in [0, 0.05) is 6.20 Å². The number of ether oxygens (including phenoxy) is 1. The van der Waals surface area contributed by atoms with Gasteiger partial charge in [0.15, 0.2) is 0 Å². The minimum Gasteiger partial charge on any atom is -0.492 e. The Balaban J connectivity index is 2.29. The van der Waals surface area contributed by atoms with Crippen molar-refractivity contribution in [2.45, 2.75) is 13.0 Å². The predicted octanol–water partition coefficient (Wildman–Crippen LogP) is 3.61. The van der Waals surface area contributed by atoms with Crippen LogP contribution < -0.4 is 10.1 Å². The Kier molecular flexibility index (Phi) is 4.74. The summed E-state index contributed by atoms with van der Waals surface area (Å²) in [7, 11) is 1.95. The number of thiophene rings is 1. The van der Waals surface area contributed by atoms with Gasteiger partial charge in [0.2, 0.25) is 0 Å². The third-order valence-electron chi connectivity index (χ3n) is 2.59. The van der Waals surface area contributed by atoms with E-state index < -0.39 is 0 Å². The summed E-state index contributed by atoms with van der Waals surface area (Å²) in [6.07, 6.45) is 3.61.